The molecule has 0 spiro atoms. The molecule has 0 aliphatic rings. The van der Waals surface area contributed by atoms with E-state index in [1.165, 1.54) is 14.2 Å². The number of ether oxygens (including phenoxy) is 2. The summed E-state index contributed by atoms with van der Waals surface area (Å²) in [5, 5.41) is 15.8. The molecule has 1 aromatic rings. The van der Waals surface area contributed by atoms with Gasteiger partial charge in [-0.15, -0.1) is 24.0 Å². The standard InChI is InChI=1S/C20H33N3O4.HI/c1-5-7-15(10-11-24)13-22-20(21-6-2)23-14-16-8-9-18(26-3)17(12-16)19(25)27-4;/h8-9,12,15,24H,5-7,10-11,13-14H2,1-4H3,(H2,21,22,23);1H. The fourth-order valence-corrected chi connectivity index (χ4v) is 2.82. The van der Waals surface area contributed by atoms with Crippen LogP contribution in [0.25, 0.3) is 0 Å². The van der Waals surface area contributed by atoms with Gasteiger partial charge in [0, 0.05) is 19.7 Å². The van der Waals surface area contributed by atoms with Gasteiger partial charge in [0.25, 0.3) is 0 Å². The summed E-state index contributed by atoms with van der Waals surface area (Å²) in [7, 11) is 2.87. The Morgan fingerprint density at radius 2 is 1.96 bits per heavy atom. The minimum atomic E-state index is -0.436. The predicted octanol–water partition coefficient (Wildman–Crippen LogP) is 2.95. The van der Waals surface area contributed by atoms with Gasteiger partial charge in [-0.3, -0.25) is 0 Å². The molecule has 1 rings (SSSR count). The number of benzene rings is 1. The molecule has 0 aliphatic heterocycles. The molecule has 0 fully saturated rings. The Bertz CT molecular complexity index is 605. The minimum Gasteiger partial charge on any atom is -0.496 e. The minimum absolute atomic E-state index is 0. The van der Waals surface area contributed by atoms with Gasteiger partial charge < -0.3 is 25.2 Å². The lowest BCUT2D eigenvalue weighted by molar-refractivity contribution is 0.0597. The van der Waals surface area contributed by atoms with Crippen molar-refractivity contribution < 1.29 is 19.4 Å². The maximum Gasteiger partial charge on any atom is 0.341 e. The van der Waals surface area contributed by atoms with Crippen molar-refractivity contribution in [2.24, 2.45) is 10.9 Å². The second-order valence-corrected chi connectivity index (χ2v) is 6.27. The molecular weight excluding hydrogens is 473 g/mol. The van der Waals surface area contributed by atoms with Crippen molar-refractivity contribution >= 4 is 35.9 Å². The number of aliphatic imine (C=N–C) groups is 1. The maximum atomic E-state index is 11.9. The van der Waals surface area contributed by atoms with E-state index >= 15 is 0 Å². The third kappa shape index (κ3) is 9.09. The zero-order chi connectivity index (χ0) is 20.1. The monoisotopic (exact) mass is 507 g/mol. The second-order valence-electron chi connectivity index (χ2n) is 6.27. The van der Waals surface area contributed by atoms with Crippen LogP contribution in [0.4, 0.5) is 0 Å². The molecule has 28 heavy (non-hydrogen) atoms. The van der Waals surface area contributed by atoms with Crippen molar-refractivity contribution in [1.82, 2.24) is 10.6 Å². The molecule has 8 heteroatoms. The molecule has 0 saturated carbocycles. The summed E-state index contributed by atoms with van der Waals surface area (Å²) in [4.78, 5) is 16.5. The lowest BCUT2D eigenvalue weighted by atomic mass is 10.0. The predicted molar refractivity (Wildman–Crippen MR) is 123 cm³/mol. The van der Waals surface area contributed by atoms with Crippen LogP contribution in [-0.2, 0) is 11.3 Å². The Kier molecular flexibility index (Phi) is 14.5. The van der Waals surface area contributed by atoms with Crippen LogP contribution in [0, 0.1) is 5.92 Å². The van der Waals surface area contributed by atoms with Gasteiger partial charge in [0.05, 0.1) is 20.8 Å². The number of halogens is 1. The number of carbonyl (C=O) groups is 1. The highest BCUT2D eigenvalue weighted by Crippen LogP contribution is 2.21. The van der Waals surface area contributed by atoms with E-state index in [1.54, 1.807) is 12.1 Å². The summed E-state index contributed by atoms with van der Waals surface area (Å²) in [6.45, 7) is 6.28. The van der Waals surface area contributed by atoms with Crippen molar-refractivity contribution in [3.63, 3.8) is 0 Å². The number of nitrogens with one attached hydrogen (secondary N) is 2. The number of aliphatic hydroxyl groups is 1. The highest BCUT2D eigenvalue weighted by molar-refractivity contribution is 14.0. The Labute approximate surface area is 185 Å². The Morgan fingerprint density at radius 3 is 2.54 bits per heavy atom. The number of methoxy groups -OCH3 is 2. The summed E-state index contributed by atoms with van der Waals surface area (Å²) >= 11 is 0. The lowest BCUT2D eigenvalue weighted by Crippen LogP contribution is -2.40. The van der Waals surface area contributed by atoms with Gasteiger partial charge in [0.2, 0.25) is 0 Å². The molecule has 3 N–H and O–H groups in total. The fourth-order valence-electron chi connectivity index (χ4n) is 2.82. The SMILES string of the molecule is CCCC(CCO)CNC(=NCc1ccc(OC)c(C(=O)OC)c1)NCC.I. The maximum absolute atomic E-state index is 11.9. The fraction of sp³-hybridized carbons (Fsp3) is 0.600. The van der Waals surface area contributed by atoms with Crippen LogP contribution in [0.3, 0.4) is 0 Å². The first-order valence-electron chi connectivity index (χ1n) is 9.47. The number of esters is 1. The number of nitrogens with zero attached hydrogens (tertiary/aromatic N) is 1. The molecule has 1 aromatic carbocycles. The summed E-state index contributed by atoms with van der Waals surface area (Å²) in [5.41, 5.74) is 1.27. The normalized spacial score (nSPS) is 12.0. The molecule has 0 aromatic heterocycles. The molecule has 0 saturated heterocycles. The first-order valence-corrected chi connectivity index (χ1v) is 9.47. The highest BCUT2D eigenvalue weighted by Gasteiger charge is 2.13. The molecule has 1 atom stereocenters. The van der Waals surface area contributed by atoms with Gasteiger partial charge in [-0.2, -0.15) is 0 Å². The van der Waals surface area contributed by atoms with Crippen molar-refractivity contribution in [3.05, 3.63) is 29.3 Å². The Hall–Kier alpha value is -1.55. The van der Waals surface area contributed by atoms with Crippen LogP contribution in [0.15, 0.2) is 23.2 Å². The van der Waals surface area contributed by atoms with Crippen molar-refractivity contribution in [1.29, 1.82) is 0 Å². The lowest BCUT2D eigenvalue weighted by Gasteiger charge is -2.18. The van der Waals surface area contributed by atoms with E-state index in [-0.39, 0.29) is 30.6 Å². The number of aliphatic hydroxyl groups excluding tert-OH is 1. The van der Waals surface area contributed by atoms with Crippen molar-refractivity contribution in [2.45, 2.75) is 39.7 Å². The molecular formula is C20H34IN3O4. The molecule has 160 valence electrons. The van der Waals surface area contributed by atoms with Gasteiger partial charge in [-0.25, -0.2) is 9.79 Å². The summed E-state index contributed by atoms with van der Waals surface area (Å²) < 4.78 is 10.0. The molecule has 0 amide bonds. The van der Waals surface area contributed by atoms with Gasteiger partial charge >= 0.3 is 5.97 Å². The van der Waals surface area contributed by atoms with E-state index in [2.05, 4.69) is 22.5 Å². The highest BCUT2D eigenvalue weighted by atomic mass is 127. The van der Waals surface area contributed by atoms with E-state index in [0.29, 0.717) is 29.7 Å². The number of rotatable bonds is 11. The van der Waals surface area contributed by atoms with E-state index in [9.17, 15) is 9.90 Å². The number of hydrogen-bond acceptors (Lipinski definition) is 5. The van der Waals surface area contributed by atoms with E-state index < -0.39 is 5.97 Å². The second kappa shape index (κ2) is 15.4. The average Bonchev–Trinajstić information content (AvgIpc) is 2.69. The first kappa shape index (κ1) is 26.4. The topological polar surface area (TPSA) is 92.2 Å². The number of carbonyl (C=O) groups excluding carboxylic acids is 1. The number of hydrogen-bond donors (Lipinski definition) is 3. The van der Waals surface area contributed by atoms with Crippen molar-refractivity contribution in [2.75, 3.05) is 33.9 Å². The Morgan fingerprint density at radius 1 is 1.21 bits per heavy atom. The zero-order valence-corrected chi connectivity index (χ0v) is 19.6. The molecule has 0 bridgehead atoms. The molecule has 1 unspecified atom stereocenters. The third-order valence-electron chi connectivity index (χ3n) is 4.23. The van der Waals surface area contributed by atoms with Gasteiger partial charge in [0.15, 0.2) is 5.96 Å². The molecule has 7 nitrogen and oxygen atoms in total. The van der Waals surface area contributed by atoms with Crippen LogP contribution in [0.2, 0.25) is 0 Å². The Balaban J connectivity index is 0.00000729. The van der Waals surface area contributed by atoms with E-state index in [4.69, 9.17) is 9.47 Å². The van der Waals surface area contributed by atoms with E-state index in [1.807, 2.05) is 13.0 Å². The van der Waals surface area contributed by atoms with E-state index in [0.717, 1.165) is 37.9 Å². The molecule has 0 radical (unpaired) electrons. The quantitative estimate of drug-likeness (QED) is 0.185. The summed E-state index contributed by atoms with van der Waals surface area (Å²) in [6.07, 6.45) is 2.93. The van der Waals surface area contributed by atoms with Gasteiger partial charge in [-0.05, 0) is 43.4 Å². The smallest absolute Gasteiger partial charge is 0.341 e. The van der Waals surface area contributed by atoms with Crippen molar-refractivity contribution in [3.8, 4) is 5.75 Å². The van der Waals surface area contributed by atoms with Crippen LogP contribution in [0.5, 0.6) is 5.75 Å². The summed E-state index contributed by atoms with van der Waals surface area (Å²) in [6, 6.07) is 5.36. The third-order valence-corrected chi connectivity index (χ3v) is 4.23. The van der Waals surface area contributed by atoms with Crippen LogP contribution in [0.1, 0.15) is 49.0 Å². The molecule has 0 aliphatic carbocycles. The van der Waals surface area contributed by atoms with Gasteiger partial charge in [0.1, 0.15) is 11.3 Å². The first-order chi connectivity index (χ1) is 13.1. The largest absolute Gasteiger partial charge is 0.496 e. The molecule has 0 heterocycles. The van der Waals surface area contributed by atoms with Gasteiger partial charge in [-0.1, -0.05) is 19.4 Å². The zero-order valence-electron chi connectivity index (χ0n) is 17.3. The average molecular weight is 507 g/mol. The van der Waals surface area contributed by atoms with Crippen LogP contribution in [-0.4, -0.2) is 51.0 Å². The number of guanidine groups is 1. The van der Waals surface area contributed by atoms with Crippen LogP contribution < -0.4 is 15.4 Å². The summed E-state index contributed by atoms with van der Waals surface area (Å²) in [5.74, 6) is 1.17. The van der Waals surface area contributed by atoms with Crippen LogP contribution >= 0.6 is 24.0 Å².